The van der Waals surface area contributed by atoms with Crippen molar-refractivity contribution in [2.45, 2.75) is 128 Å². The number of hydrogen-bond acceptors (Lipinski definition) is 2. The van der Waals surface area contributed by atoms with E-state index in [-0.39, 0.29) is 0 Å². The van der Waals surface area contributed by atoms with E-state index in [1.54, 1.807) is 0 Å². The van der Waals surface area contributed by atoms with Crippen LogP contribution in [0.2, 0.25) is 0 Å². The van der Waals surface area contributed by atoms with E-state index in [0.717, 1.165) is 5.25 Å². The van der Waals surface area contributed by atoms with Crippen LogP contribution in [0, 0.1) is 0 Å². The van der Waals surface area contributed by atoms with Gasteiger partial charge < -0.3 is 0 Å². The highest BCUT2D eigenvalue weighted by molar-refractivity contribution is 8.02. The highest BCUT2D eigenvalue weighted by Crippen LogP contribution is 2.20. The van der Waals surface area contributed by atoms with Gasteiger partial charge in [0, 0.05) is 11.0 Å². The zero-order chi connectivity index (χ0) is 18.4. The summed E-state index contributed by atoms with van der Waals surface area (Å²) in [5, 5.41) is 0.895. The largest absolute Gasteiger partial charge is 0.164 e. The minimum Gasteiger partial charge on any atom is -0.164 e. The SMILES string of the molecule is CCCCCCCCCCCCCCCCCCCC(CSC)SC. The van der Waals surface area contributed by atoms with E-state index in [4.69, 9.17) is 0 Å². The van der Waals surface area contributed by atoms with Gasteiger partial charge >= 0.3 is 0 Å². The van der Waals surface area contributed by atoms with Gasteiger partial charge in [0.05, 0.1) is 0 Å². The van der Waals surface area contributed by atoms with E-state index < -0.39 is 0 Å². The predicted molar refractivity (Wildman–Crippen MR) is 124 cm³/mol. The summed E-state index contributed by atoms with van der Waals surface area (Å²) in [5.41, 5.74) is 0. The summed E-state index contributed by atoms with van der Waals surface area (Å²) in [4.78, 5) is 0. The second kappa shape index (κ2) is 22.7. The molecule has 0 aromatic heterocycles. The van der Waals surface area contributed by atoms with E-state index in [2.05, 4.69) is 31.2 Å². The lowest BCUT2D eigenvalue weighted by molar-refractivity contribution is 0.525. The summed E-state index contributed by atoms with van der Waals surface area (Å²) in [6.07, 6.45) is 30.9. The van der Waals surface area contributed by atoms with Crippen molar-refractivity contribution in [3.63, 3.8) is 0 Å². The summed E-state index contributed by atoms with van der Waals surface area (Å²) in [6, 6.07) is 0. The fourth-order valence-corrected chi connectivity index (χ4v) is 5.45. The zero-order valence-electron chi connectivity index (χ0n) is 17.8. The molecule has 0 fully saturated rings. The third-order valence-corrected chi connectivity index (χ3v) is 7.33. The van der Waals surface area contributed by atoms with Gasteiger partial charge in [-0.2, -0.15) is 23.5 Å². The van der Waals surface area contributed by atoms with Crippen LogP contribution in [0.3, 0.4) is 0 Å². The van der Waals surface area contributed by atoms with Gasteiger partial charge in [-0.15, -0.1) is 0 Å². The van der Waals surface area contributed by atoms with Crippen LogP contribution < -0.4 is 0 Å². The molecule has 2 heteroatoms. The van der Waals surface area contributed by atoms with Gasteiger partial charge in [-0.25, -0.2) is 0 Å². The third-order valence-electron chi connectivity index (χ3n) is 5.32. The summed E-state index contributed by atoms with van der Waals surface area (Å²) in [6.45, 7) is 2.30. The van der Waals surface area contributed by atoms with E-state index in [1.165, 1.54) is 121 Å². The molecule has 25 heavy (non-hydrogen) atoms. The minimum absolute atomic E-state index is 0.895. The van der Waals surface area contributed by atoms with Crippen LogP contribution in [0.25, 0.3) is 0 Å². The molecule has 0 bridgehead atoms. The van der Waals surface area contributed by atoms with Crippen molar-refractivity contribution in [3.8, 4) is 0 Å². The Morgan fingerprint density at radius 1 is 0.520 bits per heavy atom. The maximum Gasteiger partial charge on any atom is 0.0135 e. The molecule has 0 nitrogen and oxygen atoms in total. The molecule has 1 unspecified atom stereocenters. The van der Waals surface area contributed by atoms with Crippen LogP contribution in [0.1, 0.15) is 122 Å². The van der Waals surface area contributed by atoms with Crippen LogP contribution in [0.4, 0.5) is 0 Å². The Morgan fingerprint density at radius 3 is 1.20 bits per heavy atom. The topological polar surface area (TPSA) is 0 Å². The molecule has 0 aliphatic heterocycles. The summed E-state index contributed by atoms with van der Waals surface area (Å²) in [7, 11) is 0. The Bertz CT molecular complexity index is 230. The molecule has 0 N–H and O–H groups in total. The first-order valence-corrected chi connectivity index (χ1v) is 14.0. The second-order valence-corrected chi connectivity index (χ2v) is 9.81. The van der Waals surface area contributed by atoms with Crippen molar-refractivity contribution in [2.75, 3.05) is 18.3 Å². The molecule has 0 amide bonds. The lowest BCUT2D eigenvalue weighted by Gasteiger charge is -2.12. The van der Waals surface area contributed by atoms with Gasteiger partial charge in [0.15, 0.2) is 0 Å². The molecule has 152 valence electrons. The van der Waals surface area contributed by atoms with Gasteiger partial charge in [-0.3, -0.25) is 0 Å². The Balaban J connectivity index is 3.07. The minimum atomic E-state index is 0.895. The number of unbranched alkanes of at least 4 members (excludes halogenated alkanes) is 16. The number of rotatable bonds is 21. The first-order valence-electron chi connectivity index (χ1n) is 11.4. The molecular formula is C23H48S2. The van der Waals surface area contributed by atoms with Crippen molar-refractivity contribution in [1.82, 2.24) is 0 Å². The van der Waals surface area contributed by atoms with Crippen molar-refractivity contribution in [1.29, 1.82) is 0 Å². The summed E-state index contributed by atoms with van der Waals surface area (Å²) < 4.78 is 0. The summed E-state index contributed by atoms with van der Waals surface area (Å²) >= 11 is 4.06. The zero-order valence-corrected chi connectivity index (χ0v) is 19.5. The molecule has 0 aromatic rings. The highest BCUT2D eigenvalue weighted by atomic mass is 32.2. The Hall–Kier alpha value is 0.700. The third kappa shape index (κ3) is 20.9. The van der Waals surface area contributed by atoms with Crippen LogP contribution in [0.5, 0.6) is 0 Å². The van der Waals surface area contributed by atoms with Crippen LogP contribution in [0.15, 0.2) is 0 Å². The molecule has 0 spiro atoms. The van der Waals surface area contributed by atoms with Crippen molar-refractivity contribution < 1.29 is 0 Å². The average Bonchev–Trinajstić information content (AvgIpc) is 2.63. The Kier molecular flexibility index (Phi) is 23.4. The standard InChI is InChI=1S/C23H48S2/c1-4-5-6-7-8-9-10-11-12-13-14-15-16-17-18-19-20-21-23(25-3)22-24-2/h23H,4-22H2,1-3H3. The molecule has 0 radical (unpaired) electrons. The van der Waals surface area contributed by atoms with Gasteiger partial charge in [0.2, 0.25) is 0 Å². The molecule has 0 rings (SSSR count). The predicted octanol–water partition coefficient (Wildman–Crippen LogP) is 9.12. The molecular weight excluding hydrogens is 340 g/mol. The smallest absolute Gasteiger partial charge is 0.0135 e. The van der Waals surface area contributed by atoms with Gasteiger partial charge in [-0.05, 0) is 18.9 Å². The van der Waals surface area contributed by atoms with Gasteiger partial charge in [-0.1, -0.05) is 116 Å². The van der Waals surface area contributed by atoms with Gasteiger partial charge in [0.1, 0.15) is 0 Å². The average molecular weight is 389 g/mol. The van der Waals surface area contributed by atoms with Crippen molar-refractivity contribution in [3.05, 3.63) is 0 Å². The lowest BCUT2D eigenvalue weighted by atomic mass is 10.0. The van der Waals surface area contributed by atoms with Crippen LogP contribution in [-0.4, -0.2) is 23.5 Å². The molecule has 0 aliphatic carbocycles. The maximum absolute atomic E-state index is 2.30. The summed E-state index contributed by atoms with van der Waals surface area (Å²) in [5.74, 6) is 1.33. The maximum atomic E-state index is 2.30. The lowest BCUT2D eigenvalue weighted by Crippen LogP contribution is -2.04. The molecule has 0 saturated carbocycles. The first kappa shape index (κ1) is 25.7. The van der Waals surface area contributed by atoms with Gasteiger partial charge in [0.25, 0.3) is 0 Å². The molecule has 0 heterocycles. The quantitative estimate of drug-likeness (QED) is 0.180. The van der Waals surface area contributed by atoms with Crippen LogP contribution >= 0.6 is 23.5 Å². The highest BCUT2D eigenvalue weighted by Gasteiger charge is 2.05. The van der Waals surface area contributed by atoms with E-state index in [0.29, 0.717) is 0 Å². The van der Waals surface area contributed by atoms with Crippen molar-refractivity contribution >= 4 is 23.5 Å². The number of hydrogen-bond donors (Lipinski definition) is 0. The molecule has 1 atom stereocenters. The fourth-order valence-electron chi connectivity index (χ4n) is 3.55. The molecule has 0 aliphatic rings. The normalized spacial score (nSPS) is 12.6. The molecule has 0 saturated heterocycles. The second-order valence-electron chi connectivity index (χ2n) is 7.76. The van der Waals surface area contributed by atoms with E-state index in [9.17, 15) is 0 Å². The van der Waals surface area contributed by atoms with E-state index in [1.807, 2.05) is 11.8 Å². The number of thioether (sulfide) groups is 2. The van der Waals surface area contributed by atoms with E-state index >= 15 is 0 Å². The molecule has 0 aromatic carbocycles. The monoisotopic (exact) mass is 388 g/mol. The Morgan fingerprint density at radius 2 is 0.880 bits per heavy atom. The first-order chi connectivity index (χ1) is 12.3. The Labute approximate surface area is 169 Å². The van der Waals surface area contributed by atoms with Crippen molar-refractivity contribution in [2.24, 2.45) is 0 Å². The fraction of sp³-hybridized carbons (Fsp3) is 1.00. The van der Waals surface area contributed by atoms with Crippen LogP contribution in [-0.2, 0) is 0 Å².